The molecule has 2 N–H and O–H groups in total. The molecule has 17 heavy (non-hydrogen) atoms. The molecule has 96 valence electrons. The smallest absolute Gasteiger partial charge is 0.164 e. The van der Waals surface area contributed by atoms with Crippen molar-refractivity contribution in [3.63, 3.8) is 0 Å². The Bertz CT molecular complexity index is 326. The first-order chi connectivity index (χ1) is 8.10. The van der Waals surface area contributed by atoms with E-state index in [2.05, 4.69) is 10.8 Å². The van der Waals surface area contributed by atoms with Gasteiger partial charge in [0.25, 0.3) is 0 Å². The molecule has 1 rings (SSSR count). The van der Waals surface area contributed by atoms with E-state index in [0.717, 1.165) is 5.70 Å². The van der Waals surface area contributed by atoms with Crippen LogP contribution in [0.2, 0.25) is 0 Å². The lowest BCUT2D eigenvalue weighted by Gasteiger charge is -2.28. The summed E-state index contributed by atoms with van der Waals surface area (Å²) in [5, 5.41) is 3.05. The van der Waals surface area contributed by atoms with Crippen molar-refractivity contribution >= 4 is 11.6 Å². The van der Waals surface area contributed by atoms with Crippen molar-refractivity contribution in [2.75, 3.05) is 20.7 Å². The summed E-state index contributed by atoms with van der Waals surface area (Å²) in [6, 6.07) is 0. The fraction of sp³-hybridized carbons (Fsp3) is 0.667. The van der Waals surface area contributed by atoms with E-state index in [1.54, 1.807) is 14.0 Å². The Balaban J connectivity index is 2.74. The van der Waals surface area contributed by atoms with Gasteiger partial charge in [-0.25, -0.2) is 5.48 Å². The monoisotopic (exact) mass is 240 g/mol. The zero-order valence-electron chi connectivity index (χ0n) is 10.6. The Kier molecular flexibility index (Phi) is 5.31. The molecule has 0 fully saturated rings. The first kappa shape index (κ1) is 13.9. The van der Waals surface area contributed by atoms with Gasteiger partial charge in [-0.2, -0.15) is 0 Å². The van der Waals surface area contributed by atoms with Crippen LogP contribution in [0.25, 0.3) is 0 Å². The van der Waals surface area contributed by atoms with Gasteiger partial charge in [0.05, 0.1) is 0 Å². The molecule has 0 aromatic rings. The normalized spacial score (nSPS) is 24.1. The van der Waals surface area contributed by atoms with Gasteiger partial charge in [-0.05, 0) is 19.8 Å². The predicted molar refractivity (Wildman–Crippen MR) is 64.1 cm³/mol. The number of carbonyl (C=O) groups excluding carboxylic acids is 2. The molecule has 0 bridgehead atoms. The molecule has 0 aromatic carbocycles. The summed E-state index contributed by atoms with van der Waals surface area (Å²) in [5.74, 6) is -0.437. The van der Waals surface area contributed by atoms with Crippen molar-refractivity contribution in [3.8, 4) is 0 Å². The molecule has 0 heterocycles. The van der Waals surface area contributed by atoms with Crippen LogP contribution in [0.1, 0.15) is 19.8 Å². The summed E-state index contributed by atoms with van der Waals surface area (Å²) < 4.78 is 0. The van der Waals surface area contributed by atoms with E-state index < -0.39 is 0 Å². The average molecular weight is 240 g/mol. The molecule has 2 unspecified atom stereocenters. The lowest BCUT2D eigenvalue weighted by Crippen LogP contribution is -2.35. The van der Waals surface area contributed by atoms with E-state index in [9.17, 15) is 9.59 Å². The summed E-state index contributed by atoms with van der Waals surface area (Å²) in [6.45, 7) is 1.55. The van der Waals surface area contributed by atoms with Gasteiger partial charge in [-0.3, -0.25) is 14.4 Å². The Hall–Kier alpha value is -1.20. The molecular weight excluding hydrogens is 220 g/mol. The van der Waals surface area contributed by atoms with Gasteiger partial charge in [0.15, 0.2) is 5.78 Å². The van der Waals surface area contributed by atoms with Crippen molar-refractivity contribution in [1.82, 2.24) is 10.8 Å². The van der Waals surface area contributed by atoms with Crippen molar-refractivity contribution < 1.29 is 14.4 Å². The lowest BCUT2D eigenvalue weighted by molar-refractivity contribution is -0.136. The van der Waals surface area contributed by atoms with Gasteiger partial charge in [-0.1, -0.05) is 6.08 Å². The first-order valence-electron chi connectivity index (χ1n) is 5.78. The zero-order chi connectivity index (χ0) is 12.8. The van der Waals surface area contributed by atoms with Crippen LogP contribution < -0.4 is 10.8 Å². The van der Waals surface area contributed by atoms with Gasteiger partial charge >= 0.3 is 0 Å². The van der Waals surface area contributed by atoms with Crippen LogP contribution in [0.5, 0.6) is 0 Å². The molecule has 0 aliphatic heterocycles. The average Bonchev–Trinajstić information content (AvgIpc) is 2.34. The highest BCUT2D eigenvalue weighted by Crippen LogP contribution is 2.30. The quantitative estimate of drug-likeness (QED) is 0.659. The van der Waals surface area contributed by atoms with E-state index in [0.29, 0.717) is 12.8 Å². The Morgan fingerprint density at radius 3 is 2.65 bits per heavy atom. The standard InChI is InChI=1S/C12H20N2O3/c1-8(15)10-5-4-9(13-2)6-11(10)12(16)7-17-14-3/h4,10-11,13-14H,5-7H2,1-3H3. The summed E-state index contributed by atoms with van der Waals surface area (Å²) in [4.78, 5) is 28.4. The highest BCUT2D eigenvalue weighted by Gasteiger charge is 2.33. The van der Waals surface area contributed by atoms with Crippen LogP contribution in [-0.4, -0.2) is 32.3 Å². The third-order valence-electron chi connectivity index (χ3n) is 3.16. The molecule has 0 aromatic heterocycles. The molecule has 2 atom stereocenters. The first-order valence-corrected chi connectivity index (χ1v) is 5.78. The fourth-order valence-electron chi connectivity index (χ4n) is 2.14. The minimum Gasteiger partial charge on any atom is -0.392 e. The lowest BCUT2D eigenvalue weighted by atomic mass is 9.77. The van der Waals surface area contributed by atoms with Gasteiger partial charge in [-0.15, -0.1) is 0 Å². The topological polar surface area (TPSA) is 67.4 Å². The van der Waals surface area contributed by atoms with Crippen LogP contribution in [-0.2, 0) is 14.4 Å². The fourth-order valence-corrected chi connectivity index (χ4v) is 2.14. The Labute approximate surface area is 102 Å². The second kappa shape index (κ2) is 6.51. The number of ketones is 2. The van der Waals surface area contributed by atoms with Gasteiger partial charge < -0.3 is 5.32 Å². The van der Waals surface area contributed by atoms with Crippen LogP contribution >= 0.6 is 0 Å². The maximum absolute atomic E-state index is 12.0. The summed E-state index contributed by atoms with van der Waals surface area (Å²) in [5.41, 5.74) is 3.49. The highest BCUT2D eigenvalue weighted by molar-refractivity contribution is 5.90. The van der Waals surface area contributed by atoms with E-state index in [1.807, 2.05) is 13.1 Å². The molecule has 5 nitrogen and oxygen atoms in total. The molecule has 0 amide bonds. The second-order valence-electron chi connectivity index (χ2n) is 4.20. The highest BCUT2D eigenvalue weighted by atomic mass is 16.6. The maximum atomic E-state index is 12.0. The molecule has 0 spiro atoms. The van der Waals surface area contributed by atoms with Crippen molar-refractivity contribution in [1.29, 1.82) is 0 Å². The molecule has 1 aliphatic carbocycles. The van der Waals surface area contributed by atoms with Crippen molar-refractivity contribution in [2.24, 2.45) is 11.8 Å². The summed E-state index contributed by atoms with van der Waals surface area (Å²) >= 11 is 0. The Morgan fingerprint density at radius 1 is 1.41 bits per heavy atom. The Morgan fingerprint density at radius 2 is 2.12 bits per heavy atom. The molecule has 0 saturated heterocycles. The maximum Gasteiger partial charge on any atom is 0.164 e. The SMILES string of the molecule is CNOCC(=O)C1CC(NC)=CCC1C(C)=O. The van der Waals surface area contributed by atoms with Gasteiger partial charge in [0.2, 0.25) is 0 Å². The number of rotatable bonds is 6. The summed E-state index contributed by atoms with van der Waals surface area (Å²) in [6.07, 6.45) is 3.21. The predicted octanol–water partition coefficient (Wildman–Crippen LogP) is 0.425. The van der Waals surface area contributed by atoms with Gasteiger partial charge in [0, 0.05) is 31.6 Å². The number of hydrogen-bond acceptors (Lipinski definition) is 5. The third kappa shape index (κ3) is 3.64. The number of nitrogens with one attached hydrogen (secondary N) is 2. The minimum absolute atomic E-state index is 0.00193. The molecule has 0 radical (unpaired) electrons. The molecule has 0 saturated carbocycles. The molecule has 5 heteroatoms. The largest absolute Gasteiger partial charge is 0.392 e. The third-order valence-corrected chi connectivity index (χ3v) is 3.16. The van der Waals surface area contributed by atoms with Crippen molar-refractivity contribution in [3.05, 3.63) is 11.8 Å². The van der Waals surface area contributed by atoms with E-state index >= 15 is 0 Å². The zero-order valence-corrected chi connectivity index (χ0v) is 10.6. The van der Waals surface area contributed by atoms with E-state index in [1.165, 1.54) is 0 Å². The minimum atomic E-state index is -0.270. The van der Waals surface area contributed by atoms with Crippen LogP contribution in [0.4, 0.5) is 0 Å². The van der Waals surface area contributed by atoms with Crippen LogP contribution in [0.3, 0.4) is 0 Å². The number of carbonyl (C=O) groups is 2. The molecular formula is C12H20N2O3. The summed E-state index contributed by atoms with van der Waals surface area (Å²) in [7, 11) is 3.43. The number of hydrogen-bond donors (Lipinski definition) is 2. The van der Waals surface area contributed by atoms with E-state index in [-0.39, 0.29) is 30.0 Å². The van der Waals surface area contributed by atoms with E-state index in [4.69, 9.17) is 4.84 Å². The van der Waals surface area contributed by atoms with Crippen LogP contribution in [0, 0.1) is 11.8 Å². The van der Waals surface area contributed by atoms with Gasteiger partial charge in [0.1, 0.15) is 12.4 Å². The van der Waals surface area contributed by atoms with Crippen LogP contribution in [0.15, 0.2) is 11.8 Å². The number of allylic oxidation sites excluding steroid dienone is 2. The number of Topliss-reactive ketones (excluding diaryl/α,β-unsaturated/α-hetero) is 2. The molecule has 1 aliphatic rings. The number of hydroxylamine groups is 1. The van der Waals surface area contributed by atoms with Crippen molar-refractivity contribution in [2.45, 2.75) is 19.8 Å². The second-order valence-corrected chi connectivity index (χ2v) is 4.20.